The van der Waals surface area contributed by atoms with Crippen LogP contribution in [0.4, 0.5) is 5.69 Å². The molecule has 3 rings (SSSR count). The largest absolute Gasteiger partial charge is 0.481 e. The lowest BCUT2D eigenvalue weighted by Crippen LogP contribution is -2.25. The Bertz CT molecular complexity index is 1100. The predicted octanol–water partition coefficient (Wildman–Crippen LogP) is 2.11. The van der Waals surface area contributed by atoms with Gasteiger partial charge >= 0.3 is 5.97 Å². The summed E-state index contributed by atoms with van der Waals surface area (Å²) in [5.74, 6) is -1.70. The second-order valence-corrected chi connectivity index (χ2v) is 6.67. The maximum absolute atomic E-state index is 12.8. The Balaban J connectivity index is 1.75. The number of aromatic nitrogens is 3. The van der Waals surface area contributed by atoms with Crippen molar-refractivity contribution in [3.8, 4) is 0 Å². The van der Waals surface area contributed by atoms with Crippen LogP contribution in [0.5, 0.6) is 0 Å². The first-order chi connectivity index (χ1) is 13.8. The lowest BCUT2D eigenvalue weighted by atomic mass is 10.1. The molecule has 3 N–H and O–H groups in total. The van der Waals surface area contributed by atoms with Crippen molar-refractivity contribution in [2.24, 2.45) is 0 Å². The molecule has 150 valence electrons. The van der Waals surface area contributed by atoms with Gasteiger partial charge < -0.3 is 15.7 Å². The van der Waals surface area contributed by atoms with Crippen molar-refractivity contribution in [1.82, 2.24) is 19.9 Å². The zero-order valence-electron chi connectivity index (χ0n) is 16.3. The van der Waals surface area contributed by atoms with Crippen molar-refractivity contribution < 1.29 is 19.5 Å². The van der Waals surface area contributed by atoms with Gasteiger partial charge in [-0.25, -0.2) is 9.50 Å². The SMILES string of the molecule is Cc1cc(C)n2nc(C)c(C(=O)Nc3ccc(C(=O)NCCC(=O)O)cc3)c2n1. The van der Waals surface area contributed by atoms with E-state index >= 15 is 0 Å². The van der Waals surface area contributed by atoms with Gasteiger partial charge in [0.25, 0.3) is 11.8 Å². The Labute approximate surface area is 166 Å². The molecule has 2 heterocycles. The molecule has 0 saturated carbocycles. The first-order valence-corrected chi connectivity index (χ1v) is 9.01. The van der Waals surface area contributed by atoms with Gasteiger partial charge in [-0.3, -0.25) is 14.4 Å². The Morgan fingerprint density at radius 3 is 2.41 bits per heavy atom. The minimum atomic E-state index is -0.980. The minimum absolute atomic E-state index is 0.0481. The molecule has 0 atom stereocenters. The Hall–Kier alpha value is -3.75. The van der Waals surface area contributed by atoms with E-state index in [1.807, 2.05) is 19.9 Å². The van der Waals surface area contributed by atoms with E-state index in [0.29, 0.717) is 28.2 Å². The first-order valence-electron chi connectivity index (χ1n) is 9.01. The molecule has 2 amide bonds. The number of nitrogens with one attached hydrogen (secondary N) is 2. The van der Waals surface area contributed by atoms with Crippen molar-refractivity contribution in [2.75, 3.05) is 11.9 Å². The number of aryl methyl sites for hydroxylation is 3. The molecule has 29 heavy (non-hydrogen) atoms. The molecule has 1 aromatic carbocycles. The number of carboxylic acid groups (broad SMARTS) is 1. The third kappa shape index (κ3) is 4.40. The summed E-state index contributed by atoms with van der Waals surface area (Å²) in [6, 6.07) is 8.22. The number of hydrogen-bond donors (Lipinski definition) is 3. The van der Waals surface area contributed by atoms with Crippen molar-refractivity contribution in [3.63, 3.8) is 0 Å². The Kier molecular flexibility index (Phi) is 5.58. The molecule has 0 aliphatic rings. The smallest absolute Gasteiger partial charge is 0.305 e. The van der Waals surface area contributed by atoms with Gasteiger partial charge in [-0.15, -0.1) is 0 Å². The van der Waals surface area contributed by atoms with E-state index in [4.69, 9.17) is 5.11 Å². The van der Waals surface area contributed by atoms with E-state index in [1.54, 1.807) is 35.7 Å². The van der Waals surface area contributed by atoms with Crippen LogP contribution in [0.3, 0.4) is 0 Å². The Morgan fingerprint density at radius 1 is 1.07 bits per heavy atom. The van der Waals surface area contributed by atoms with Gasteiger partial charge in [0, 0.05) is 29.2 Å². The second kappa shape index (κ2) is 8.09. The van der Waals surface area contributed by atoms with Gasteiger partial charge in [0.2, 0.25) is 0 Å². The molecule has 2 aromatic heterocycles. The van der Waals surface area contributed by atoms with E-state index in [0.717, 1.165) is 11.4 Å². The van der Waals surface area contributed by atoms with E-state index in [2.05, 4.69) is 20.7 Å². The number of nitrogens with zero attached hydrogens (tertiary/aromatic N) is 3. The molecule has 0 aliphatic carbocycles. The minimum Gasteiger partial charge on any atom is -0.481 e. The van der Waals surface area contributed by atoms with Gasteiger partial charge in [0.15, 0.2) is 5.65 Å². The number of rotatable bonds is 6. The van der Waals surface area contributed by atoms with Gasteiger partial charge in [-0.1, -0.05) is 0 Å². The molecule has 0 fully saturated rings. The first kappa shape index (κ1) is 20.0. The Morgan fingerprint density at radius 2 is 1.76 bits per heavy atom. The van der Waals surface area contributed by atoms with Crippen LogP contribution in [0, 0.1) is 20.8 Å². The molecule has 0 spiro atoms. The summed E-state index contributed by atoms with van der Waals surface area (Å²) < 4.78 is 1.64. The number of fused-ring (bicyclic) bond motifs is 1. The number of carbonyl (C=O) groups is 3. The molecule has 0 radical (unpaired) electrons. The normalized spacial score (nSPS) is 10.7. The summed E-state index contributed by atoms with van der Waals surface area (Å²) in [6.45, 7) is 5.56. The number of carbonyl (C=O) groups excluding carboxylic acids is 2. The number of carboxylic acids is 1. The lowest BCUT2D eigenvalue weighted by molar-refractivity contribution is -0.136. The quantitative estimate of drug-likeness (QED) is 0.587. The van der Waals surface area contributed by atoms with Gasteiger partial charge in [-0.2, -0.15) is 5.10 Å². The number of hydrogen-bond acceptors (Lipinski definition) is 5. The zero-order valence-corrected chi connectivity index (χ0v) is 16.3. The summed E-state index contributed by atoms with van der Waals surface area (Å²) >= 11 is 0. The summed E-state index contributed by atoms with van der Waals surface area (Å²) in [4.78, 5) is 39.8. The molecule has 3 aromatic rings. The summed E-state index contributed by atoms with van der Waals surface area (Å²) in [6.07, 6.45) is -0.147. The molecule has 0 bridgehead atoms. The van der Waals surface area contributed by atoms with Crippen LogP contribution in [-0.4, -0.2) is 44.0 Å². The maximum atomic E-state index is 12.8. The fourth-order valence-corrected chi connectivity index (χ4v) is 2.98. The van der Waals surface area contributed by atoms with Crippen LogP contribution in [0.1, 0.15) is 44.2 Å². The number of anilines is 1. The third-order valence-electron chi connectivity index (χ3n) is 4.33. The second-order valence-electron chi connectivity index (χ2n) is 6.67. The van der Waals surface area contributed by atoms with Crippen LogP contribution in [0.25, 0.3) is 5.65 Å². The highest BCUT2D eigenvalue weighted by atomic mass is 16.4. The lowest BCUT2D eigenvalue weighted by Gasteiger charge is -2.07. The molecule has 0 unspecified atom stereocenters. The molecule has 0 saturated heterocycles. The van der Waals surface area contributed by atoms with Crippen LogP contribution in [-0.2, 0) is 4.79 Å². The van der Waals surface area contributed by atoms with Gasteiger partial charge in [0.05, 0.1) is 12.1 Å². The molecular weight excluding hydrogens is 374 g/mol. The van der Waals surface area contributed by atoms with Crippen molar-refractivity contribution in [2.45, 2.75) is 27.2 Å². The number of amides is 2. The molecule has 0 aliphatic heterocycles. The van der Waals surface area contributed by atoms with Crippen LogP contribution in [0.2, 0.25) is 0 Å². The maximum Gasteiger partial charge on any atom is 0.305 e. The zero-order chi connectivity index (χ0) is 21.1. The van der Waals surface area contributed by atoms with Crippen LogP contribution < -0.4 is 10.6 Å². The van der Waals surface area contributed by atoms with E-state index in [1.165, 1.54) is 0 Å². The van der Waals surface area contributed by atoms with Crippen molar-refractivity contribution >= 4 is 29.1 Å². The molecule has 9 heteroatoms. The fraction of sp³-hybridized carbons (Fsp3) is 0.250. The highest BCUT2D eigenvalue weighted by Crippen LogP contribution is 2.18. The average molecular weight is 395 g/mol. The van der Waals surface area contributed by atoms with Crippen LogP contribution in [0.15, 0.2) is 30.3 Å². The van der Waals surface area contributed by atoms with Crippen molar-refractivity contribution in [1.29, 1.82) is 0 Å². The van der Waals surface area contributed by atoms with E-state index in [9.17, 15) is 14.4 Å². The summed E-state index contributed by atoms with van der Waals surface area (Å²) in [5, 5.41) is 18.3. The van der Waals surface area contributed by atoms with E-state index in [-0.39, 0.29) is 24.8 Å². The van der Waals surface area contributed by atoms with E-state index < -0.39 is 5.97 Å². The predicted molar refractivity (Wildman–Crippen MR) is 106 cm³/mol. The third-order valence-corrected chi connectivity index (χ3v) is 4.33. The summed E-state index contributed by atoms with van der Waals surface area (Å²) in [7, 11) is 0. The highest BCUT2D eigenvalue weighted by molar-refractivity contribution is 6.09. The highest BCUT2D eigenvalue weighted by Gasteiger charge is 2.20. The van der Waals surface area contributed by atoms with Crippen molar-refractivity contribution in [3.05, 3.63) is 58.5 Å². The fourth-order valence-electron chi connectivity index (χ4n) is 2.98. The topological polar surface area (TPSA) is 126 Å². The number of aliphatic carboxylic acids is 1. The van der Waals surface area contributed by atoms with Crippen LogP contribution >= 0.6 is 0 Å². The molecular formula is C20H21N5O4. The molecule has 9 nitrogen and oxygen atoms in total. The van der Waals surface area contributed by atoms with Gasteiger partial charge in [-0.05, 0) is 51.1 Å². The monoisotopic (exact) mass is 395 g/mol. The number of benzene rings is 1. The van der Waals surface area contributed by atoms with Gasteiger partial charge in [0.1, 0.15) is 5.56 Å². The summed E-state index contributed by atoms with van der Waals surface area (Å²) in [5.41, 5.74) is 4.01. The average Bonchev–Trinajstić information content (AvgIpc) is 2.98. The standard InChI is InChI=1S/C20H21N5O4/c1-11-10-12(2)25-18(22-11)17(13(3)24-25)20(29)23-15-6-4-14(5-7-15)19(28)21-9-8-16(26)27/h4-7,10H,8-9H2,1-3H3,(H,21,28)(H,23,29)(H,26,27).